The summed E-state index contributed by atoms with van der Waals surface area (Å²) in [5, 5.41) is 0. The van der Waals surface area contributed by atoms with E-state index in [2.05, 4.69) is 35.7 Å². The Labute approximate surface area is 56.1 Å². The lowest BCUT2D eigenvalue weighted by Crippen LogP contribution is -2.16. The molecule has 0 radical (unpaired) electrons. The molecule has 2 heteroatoms. The van der Waals surface area contributed by atoms with E-state index in [9.17, 15) is 0 Å². The summed E-state index contributed by atoms with van der Waals surface area (Å²) >= 11 is 0. The average molecular weight is 126 g/mol. The van der Waals surface area contributed by atoms with Gasteiger partial charge in [0.15, 0.2) is 0 Å². The molecule has 0 aliphatic carbocycles. The molecule has 0 saturated heterocycles. The predicted molar refractivity (Wildman–Crippen MR) is 38.3 cm³/mol. The van der Waals surface area contributed by atoms with E-state index in [1.807, 2.05) is 0 Å². The Morgan fingerprint density at radius 2 is 2.11 bits per heavy atom. The summed E-state index contributed by atoms with van der Waals surface area (Å²) in [6.07, 6.45) is 6.73. The Bertz CT molecular complexity index is 162. The summed E-state index contributed by atoms with van der Waals surface area (Å²) in [4.78, 5) is 0. The Morgan fingerprint density at radius 3 is 2.44 bits per heavy atom. The smallest absolute Gasteiger partial charge is 0.0390 e. The highest BCUT2D eigenvalue weighted by molar-refractivity contribution is 4.73. The van der Waals surface area contributed by atoms with Gasteiger partial charge < -0.3 is 0 Å². The molecule has 0 amide bonds. The number of rotatable bonds is 3. The third kappa shape index (κ3) is 1.37. The molecule has 9 heavy (non-hydrogen) atoms. The van der Waals surface area contributed by atoms with Gasteiger partial charge in [-0.15, -0.1) is 0 Å². The van der Waals surface area contributed by atoms with Gasteiger partial charge in [0.05, 0.1) is 0 Å². The van der Waals surface area contributed by atoms with Gasteiger partial charge in [-0.25, -0.2) is 0 Å². The lowest BCUT2D eigenvalue weighted by molar-refractivity contribution is 0.438. The van der Waals surface area contributed by atoms with E-state index < -0.39 is 0 Å². The molecule has 52 valence electrons. The van der Waals surface area contributed by atoms with E-state index in [4.69, 9.17) is 0 Å². The number of aromatic nitrogens is 2. The van der Waals surface area contributed by atoms with E-state index >= 15 is 0 Å². The van der Waals surface area contributed by atoms with Gasteiger partial charge in [-0.3, -0.25) is 9.36 Å². The topological polar surface area (TPSA) is 9.86 Å². The molecular formula is C7H14N2. The van der Waals surface area contributed by atoms with Crippen molar-refractivity contribution in [2.75, 3.05) is 0 Å². The molecule has 0 fully saturated rings. The Kier molecular flexibility index (Phi) is 1.98. The molecule has 0 atom stereocenters. The first-order valence-corrected chi connectivity index (χ1v) is 3.52. The van der Waals surface area contributed by atoms with Gasteiger partial charge in [0.1, 0.15) is 0 Å². The zero-order valence-corrected chi connectivity index (χ0v) is 6.17. The summed E-state index contributed by atoms with van der Waals surface area (Å²) in [5.41, 5.74) is 0. The van der Waals surface area contributed by atoms with Crippen molar-refractivity contribution in [1.29, 1.82) is 0 Å². The fraction of sp³-hybridized carbons (Fsp3) is 0.714. The van der Waals surface area contributed by atoms with Crippen LogP contribution in [0.5, 0.6) is 0 Å². The maximum absolute atomic E-state index is 2.21. The second-order valence-electron chi connectivity index (χ2n) is 2.39. The molecule has 0 spiro atoms. The molecule has 1 aromatic heterocycles. The van der Waals surface area contributed by atoms with Crippen molar-refractivity contribution in [3.05, 3.63) is 12.4 Å². The van der Waals surface area contributed by atoms with E-state index in [0.29, 0.717) is 0 Å². The van der Waals surface area contributed by atoms with Crippen LogP contribution in [0.1, 0.15) is 19.8 Å². The van der Waals surface area contributed by atoms with Crippen molar-refractivity contribution in [1.82, 2.24) is 9.36 Å². The Balaban J connectivity index is 2.26. The zero-order chi connectivity index (χ0) is 6.69. The first-order valence-electron chi connectivity index (χ1n) is 3.52. The van der Waals surface area contributed by atoms with Gasteiger partial charge in [-0.2, -0.15) is 0 Å². The van der Waals surface area contributed by atoms with Crippen LogP contribution in [0.15, 0.2) is 12.4 Å². The minimum Gasteiger partial charge on any atom is -0.295 e. The predicted octanol–water partition coefficient (Wildman–Crippen LogP) is 1.63. The molecule has 1 rings (SSSR count). The Hall–Kier alpha value is -0.660. The molecule has 0 bridgehead atoms. The standard InChI is InChI=1S/C7H14N2/c1-3-4-5-9-7-6-8(9)2/h6-7H,3-5H2,1-2H3. The van der Waals surface area contributed by atoms with Crippen molar-refractivity contribution >= 4 is 0 Å². The molecular weight excluding hydrogens is 112 g/mol. The van der Waals surface area contributed by atoms with Crippen molar-refractivity contribution in [3.63, 3.8) is 0 Å². The first kappa shape index (κ1) is 6.46. The fourth-order valence-corrected chi connectivity index (χ4v) is 0.847. The van der Waals surface area contributed by atoms with Crippen LogP contribution in [0.4, 0.5) is 0 Å². The van der Waals surface area contributed by atoms with Crippen LogP contribution < -0.4 is 0 Å². The molecule has 0 saturated carbocycles. The number of unbranched alkanes of at least 4 members (excludes halogenated alkanes) is 1. The SMILES string of the molecule is CCCCn1ccn1C. The zero-order valence-electron chi connectivity index (χ0n) is 6.17. The highest BCUT2D eigenvalue weighted by Gasteiger charge is 1.91. The minimum absolute atomic E-state index is 1.17. The monoisotopic (exact) mass is 126 g/mol. The molecule has 1 heterocycles. The first-order chi connectivity index (χ1) is 4.34. The molecule has 0 N–H and O–H groups in total. The van der Waals surface area contributed by atoms with E-state index in [1.54, 1.807) is 0 Å². The van der Waals surface area contributed by atoms with Gasteiger partial charge in [0.2, 0.25) is 0 Å². The van der Waals surface area contributed by atoms with Crippen LogP contribution in [0.2, 0.25) is 0 Å². The summed E-state index contributed by atoms with van der Waals surface area (Å²) in [6, 6.07) is 0. The highest BCUT2D eigenvalue weighted by atomic mass is 15.4. The quantitative estimate of drug-likeness (QED) is 0.582. The summed E-state index contributed by atoms with van der Waals surface area (Å²) in [6.45, 7) is 3.38. The number of nitrogens with zero attached hydrogens (tertiary/aromatic N) is 2. The summed E-state index contributed by atoms with van der Waals surface area (Å²) in [5.74, 6) is 0. The van der Waals surface area contributed by atoms with Crippen LogP contribution in [0, 0.1) is 0 Å². The third-order valence-electron chi connectivity index (χ3n) is 1.60. The summed E-state index contributed by atoms with van der Waals surface area (Å²) < 4.78 is 4.32. The van der Waals surface area contributed by atoms with Gasteiger partial charge in [0.25, 0.3) is 0 Å². The van der Waals surface area contributed by atoms with Crippen LogP contribution in [0.25, 0.3) is 0 Å². The number of hydrogen-bond donors (Lipinski definition) is 0. The number of hydrogen-bond acceptors (Lipinski definition) is 0. The van der Waals surface area contributed by atoms with Gasteiger partial charge in [-0.1, -0.05) is 13.3 Å². The minimum atomic E-state index is 1.17. The van der Waals surface area contributed by atoms with Gasteiger partial charge in [-0.05, 0) is 6.42 Å². The van der Waals surface area contributed by atoms with Crippen molar-refractivity contribution in [3.8, 4) is 0 Å². The van der Waals surface area contributed by atoms with Crippen molar-refractivity contribution in [2.24, 2.45) is 7.05 Å². The van der Waals surface area contributed by atoms with Gasteiger partial charge in [0, 0.05) is 26.0 Å². The van der Waals surface area contributed by atoms with Crippen LogP contribution >= 0.6 is 0 Å². The van der Waals surface area contributed by atoms with Crippen molar-refractivity contribution in [2.45, 2.75) is 26.3 Å². The van der Waals surface area contributed by atoms with E-state index in [1.165, 1.54) is 19.4 Å². The van der Waals surface area contributed by atoms with Crippen molar-refractivity contribution < 1.29 is 0 Å². The fourth-order valence-electron chi connectivity index (χ4n) is 0.847. The number of aryl methyl sites for hydroxylation is 2. The van der Waals surface area contributed by atoms with E-state index in [-0.39, 0.29) is 0 Å². The average Bonchev–Trinajstić information content (AvgIpc) is 1.86. The molecule has 1 aromatic rings. The lowest BCUT2D eigenvalue weighted by atomic mass is 10.3. The highest BCUT2D eigenvalue weighted by Crippen LogP contribution is 1.95. The Morgan fingerprint density at radius 1 is 1.33 bits per heavy atom. The molecule has 0 unspecified atom stereocenters. The summed E-state index contributed by atoms with van der Waals surface area (Å²) in [7, 11) is 2.07. The molecule has 0 aliphatic rings. The second kappa shape index (κ2) is 2.76. The maximum atomic E-state index is 2.21. The normalized spacial score (nSPS) is 10.4. The van der Waals surface area contributed by atoms with Crippen LogP contribution in [0.3, 0.4) is 0 Å². The van der Waals surface area contributed by atoms with Crippen LogP contribution in [-0.4, -0.2) is 9.36 Å². The third-order valence-corrected chi connectivity index (χ3v) is 1.60. The molecule has 0 aromatic carbocycles. The maximum Gasteiger partial charge on any atom is 0.0390 e. The van der Waals surface area contributed by atoms with E-state index in [0.717, 1.165) is 0 Å². The van der Waals surface area contributed by atoms with Gasteiger partial charge >= 0.3 is 0 Å². The molecule has 2 nitrogen and oxygen atoms in total. The lowest BCUT2D eigenvalue weighted by Gasteiger charge is -2.15. The van der Waals surface area contributed by atoms with Crippen LogP contribution in [-0.2, 0) is 13.6 Å². The largest absolute Gasteiger partial charge is 0.295 e. The second-order valence-corrected chi connectivity index (χ2v) is 2.39. The molecule has 0 aliphatic heterocycles.